The van der Waals surface area contributed by atoms with Crippen LogP contribution in [0.2, 0.25) is 0 Å². The minimum Gasteiger partial charge on any atom is -0.480 e. The fourth-order valence-electron chi connectivity index (χ4n) is 1.89. The van der Waals surface area contributed by atoms with E-state index >= 15 is 0 Å². The SMILES string of the molecule is CCCC(C)CS(=O)(=O)NC(CC(C)C)C(=O)O. The highest BCUT2D eigenvalue weighted by Gasteiger charge is 2.25. The zero-order valence-corrected chi connectivity index (χ0v) is 12.5. The maximum Gasteiger partial charge on any atom is 0.321 e. The molecule has 0 saturated carbocycles. The molecule has 0 fully saturated rings. The van der Waals surface area contributed by atoms with E-state index < -0.39 is 22.0 Å². The Labute approximate surface area is 110 Å². The molecule has 0 saturated heterocycles. The molecule has 6 heteroatoms. The van der Waals surface area contributed by atoms with Crippen molar-refractivity contribution < 1.29 is 18.3 Å². The molecule has 0 aliphatic rings. The van der Waals surface area contributed by atoms with Crippen LogP contribution in [0.25, 0.3) is 0 Å². The fourth-order valence-corrected chi connectivity index (χ4v) is 3.53. The molecule has 0 radical (unpaired) electrons. The summed E-state index contributed by atoms with van der Waals surface area (Å²) in [5, 5.41) is 9.00. The zero-order chi connectivity index (χ0) is 14.3. The highest BCUT2D eigenvalue weighted by Crippen LogP contribution is 2.10. The first kappa shape index (κ1) is 17.4. The minimum atomic E-state index is -3.52. The lowest BCUT2D eigenvalue weighted by atomic mass is 10.1. The third kappa shape index (κ3) is 7.66. The van der Waals surface area contributed by atoms with Gasteiger partial charge in [-0.25, -0.2) is 13.1 Å². The van der Waals surface area contributed by atoms with Crippen molar-refractivity contribution in [3.05, 3.63) is 0 Å². The van der Waals surface area contributed by atoms with Crippen molar-refractivity contribution >= 4 is 16.0 Å². The largest absolute Gasteiger partial charge is 0.480 e. The molecule has 0 aliphatic heterocycles. The van der Waals surface area contributed by atoms with Crippen LogP contribution in [0.3, 0.4) is 0 Å². The van der Waals surface area contributed by atoms with Gasteiger partial charge in [0.05, 0.1) is 5.75 Å². The Morgan fingerprint density at radius 1 is 1.28 bits per heavy atom. The van der Waals surface area contributed by atoms with Crippen LogP contribution in [-0.4, -0.2) is 31.3 Å². The summed E-state index contributed by atoms with van der Waals surface area (Å²) >= 11 is 0. The van der Waals surface area contributed by atoms with Gasteiger partial charge in [-0.05, 0) is 24.7 Å². The van der Waals surface area contributed by atoms with Gasteiger partial charge < -0.3 is 5.11 Å². The Bertz CT molecular complexity index is 351. The summed E-state index contributed by atoms with van der Waals surface area (Å²) in [6, 6.07) is -1.02. The Hall–Kier alpha value is -0.620. The number of aliphatic carboxylic acids is 1. The van der Waals surface area contributed by atoms with Crippen LogP contribution in [0, 0.1) is 11.8 Å². The van der Waals surface area contributed by atoms with Gasteiger partial charge in [-0.1, -0.05) is 34.1 Å². The second kappa shape index (κ2) is 7.74. The first-order valence-electron chi connectivity index (χ1n) is 6.40. The van der Waals surface area contributed by atoms with Crippen LogP contribution >= 0.6 is 0 Å². The lowest BCUT2D eigenvalue weighted by Crippen LogP contribution is -2.43. The summed E-state index contributed by atoms with van der Waals surface area (Å²) < 4.78 is 26.0. The Balaban J connectivity index is 4.56. The van der Waals surface area contributed by atoms with Gasteiger partial charge in [-0.3, -0.25) is 4.79 Å². The van der Waals surface area contributed by atoms with Gasteiger partial charge in [0, 0.05) is 0 Å². The predicted octanol–water partition coefficient (Wildman–Crippen LogP) is 1.84. The quantitative estimate of drug-likeness (QED) is 0.674. The van der Waals surface area contributed by atoms with Gasteiger partial charge in [0.25, 0.3) is 0 Å². The number of carboxylic acid groups (broad SMARTS) is 1. The molecule has 2 N–H and O–H groups in total. The molecule has 108 valence electrons. The highest BCUT2D eigenvalue weighted by atomic mass is 32.2. The summed E-state index contributed by atoms with van der Waals surface area (Å²) in [4.78, 5) is 11.0. The van der Waals surface area contributed by atoms with Crippen molar-refractivity contribution in [2.45, 2.75) is 53.0 Å². The van der Waals surface area contributed by atoms with Crippen LogP contribution < -0.4 is 4.72 Å². The van der Waals surface area contributed by atoms with Crippen molar-refractivity contribution in [1.82, 2.24) is 4.72 Å². The number of hydrogen-bond acceptors (Lipinski definition) is 3. The molecule has 0 aromatic heterocycles. The molecule has 2 unspecified atom stereocenters. The maximum atomic E-state index is 11.8. The molecule has 0 aliphatic carbocycles. The lowest BCUT2D eigenvalue weighted by molar-refractivity contribution is -0.139. The zero-order valence-electron chi connectivity index (χ0n) is 11.6. The van der Waals surface area contributed by atoms with Crippen molar-refractivity contribution in [1.29, 1.82) is 0 Å². The molecule has 18 heavy (non-hydrogen) atoms. The van der Waals surface area contributed by atoms with Gasteiger partial charge in [0.2, 0.25) is 10.0 Å². The van der Waals surface area contributed by atoms with Crippen molar-refractivity contribution in [3.8, 4) is 0 Å². The Kier molecular flexibility index (Phi) is 7.47. The molecular weight excluding hydrogens is 254 g/mol. The lowest BCUT2D eigenvalue weighted by Gasteiger charge is -2.18. The van der Waals surface area contributed by atoms with E-state index in [0.29, 0.717) is 6.42 Å². The molecule has 0 amide bonds. The molecule has 0 heterocycles. The molecule has 0 spiro atoms. The predicted molar refractivity (Wildman–Crippen MR) is 71.9 cm³/mol. The highest BCUT2D eigenvalue weighted by molar-refractivity contribution is 7.89. The van der Waals surface area contributed by atoms with E-state index in [1.165, 1.54) is 0 Å². The number of rotatable bonds is 9. The number of hydrogen-bond donors (Lipinski definition) is 2. The van der Waals surface area contributed by atoms with E-state index in [-0.39, 0.29) is 17.6 Å². The van der Waals surface area contributed by atoms with E-state index in [1.807, 2.05) is 27.7 Å². The van der Waals surface area contributed by atoms with Gasteiger partial charge in [-0.15, -0.1) is 0 Å². The summed E-state index contributed by atoms with van der Waals surface area (Å²) in [6.07, 6.45) is 2.05. The third-order valence-electron chi connectivity index (χ3n) is 2.61. The number of carbonyl (C=O) groups is 1. The molecular formula is C12H25NO4S. The average Bonchev–Trinajstić information content (AvgIpc) is 2.14. The molecule has 0 aromatic rings. The Morgan fingerprint density at radius 3 is 2.22 bits per heavy atom. The fraction of sp³-hybridized carbons (Fsp3) is 0.917. The molecule has 0 rings (SSSR count). The molecule has 2 atom stereocenters. The summed E-state index contributed by atoms with van der Waals surface area (Å²) in [5.41, 5.74) is 0. The topological polar surface area (TPSA) is 83.5 Å². The van der Waals surface area contributed by atoms with E-state index in [9.17, 15) is 13.2 Å². The van der Waals surface area contributed by atoms with Crippen LogP contribution in [0.1, 0.15) is 47.0 Å². The normalized spacial score (nSPS) is 15.6. The summed E-state index contributed by atoms with van der Waals surface area (Å²) in [5.74, 6) is -0.957. The minimum absolute atomic E-state index is 0.0112. The third-order valence-corrected chi connectivity index (χ3v) is 4.26. The van der Waals surface area contributed by atoms with E-state index in [1.54, 1.807) is 0 Å². The van der Waals surface area contributed by atoms with Crippen LogP contribution in [0.15, 0.2) is 0 Å². The van der Waals surface area contributed by atoms with Crippen LogP contribution in [-0.2, 0) is 14.8 Å². The molecule has 0 aromatic carbocycles. The smallest absolute Gasteiger partial charge is 0.321 e. The van der Waals surface area contributed by atoms with Gasteiger partial charge >= 0.3 is 5.97 Å². The monoisotopic (exact) mass is 279 g/mol. The Morgan fingerprint density at radius 2 is 1.83 bits per heavy atom. The van der Waals surface area contributed by atoms with Crippen molar-refractivity contribution in [3.63, 3.8) is 0 Å². The number of nitrogens with one attached hydrogen (secondary N) is 1. The van der Waals surface area contributed by atoms with E-state index in [4.69, 9.17) is 5.11 Å². The van der Waals surface area contributed by atoms with Gasteiger partial charge in [-0.2, -0.15) is 0 Å². The average molecular weight is 279 g/mol. The van der Waals surface area contributed by atoms with Crippen LogP contribution in [0.4, 0.5) is 0 Å². The number of carboxylic acids is 1. The second-order valence-corrected chi connectivity index (χ2v) is 7.11. The van der Waals surface area contributed by atoms with Gasteiger partial charge in [0.1, 0.15) is 6.04 Å². The second-order valence-electron chi connectivity index (χ2n) is 5.31. The van der Waals surface area contributed by atoms with Crippen LogP contribution in [0.5, 0.6) is 0 Å². The molecule has 5 nitrogen and oxygen atoms in total. The first-order chi connectivity index (χ1) is 8.18. The maximum absolute atomic E-state index is 11.8. The van der Waals surface area contributed by atoms with E-state index in [0.717, 1.165) is 12.8 Å². The number of sulfonamides is 1. The van der Waals surface area contributed by atoms with Crippen molar-refractivity contribution in [2.75, 3.05) is 5.75 Å². The van der Waals surface area contributed by atoms with Crippen molar-refractivity contribution in [2.24, 2.45) is 11.8 Å². The summed E-state index contributed by atoms with van der Waals surface area (Å²) in [6.45, 7) is 7.59. The standard InChI is InChI=1S/C12H25NO4S/c1-5-6-10(4)8-18(16,17)13-11(12(14)15)7-9(2)3/h9-11,13H,5-8H2,1-4H3,(H,14,15). The summed E-state index contributed by atoms with van der Waals surface area (Å²) in [7, 11) is -3.52. The first-order valence-corrected chi connectivity index (χ1v) is 8.06. The van der Waals surface area contributed by atoms with Gasteiger partial charge in [0.15, 0.2) is 0 Å². The molecule has 0 bridgehead atoms. The van der Waals surface area contributed by atoms with E-state index in [2.05, 4.69) is 4.72 Å².